The van der Waals surface area contributed by atoms with E-state index in [1.54, 1.807) is 12.1 Å². The van der Waals surface area contributed by atoms with E-state index in [2.05, 4.69) is 4.98 Å². The highest BCUT2D eigenvalue weighted by Gasteiger charge is 2.31. The third-order valence-corrected chi connectivity index (χ3v) is 3.06. The lowest BCUT2D eigenvalue weighted by Crippen LogP contribution is -2.45. The molecule has 0 spiro atoms. The zero-order valence-electron chi connectivity index (χ0n) is 9.01. The summed E-state index contributed by atoms with van der Waals surface area (Å²) in [6.07, 6.45) is 2.22. The summed E-state index contributed by atoms with van der Waals surface area (Å²) in [5.74, 6) is -0.582. The van der Waals surface area contributed by atoms with E-state index in [9.17, 15) is 9.82 Å². The van der Waals surface area contributed by atoms with Crippen molar-refractivity contribution >= 4 is 29.5 Å². The minimum absolute atomic E-state index is 0.405. The molecule has 86 valence electrons. The van der Waals surface area contributed by atoms with Crippen molar-refractivity contribution < 1.29 is 14.5 Å². The molecule has 1 unspecified atom stereocenters. The Kier molecular flexibility index (Phi) is 2.20. The van der Waals surface area contributed by atoms with Crippen LogP contribution in [0.5, 0.6) is 0 Å². The third kappa shape index (κ3) is 1.53. The number of rotatable bonds is 0. The quantitative estimate of drug-likeness (QED) is 0.521. The van der Waals surface area contributed by atoms with Crippen LogP contribution in [0.25, 0.3) is 10.9 Å². The molecule has 0 radical (unpaired) electrons. The maximum Gasteiger partial charge on any atom is 0.562 e. The van der Waals surface area contributed by atoms with E-state index in [4.69, 9.17) is 10.4 Å². The summed E-state index contributed by atoms with van der Waals surface area (Å²) in [7, 11) is -1.26. The fraction of sp³-hybridized carbons (Fsp3) is 0.182. The molecule has 2 heterocycles. The molecule has 17 heavy (non-hydrogen) atoms. The van der Waals surface area contributed by atoms with Gasteiger partial charge in [-0.15, -0.1) is 0 Å². The molecular weight excluding hydrogens is 219 g/mol. The number of carbonyl (C=O) groups excluding carboxylic acids is 1. The highest BCUT2D eigenvalue weighted by molar-refractivity contribution is 6.64. The van der Waals surface area contributed by atoms with Gasteiger partial charge in [0.1, 0.15) is 6.04 Å². The number of benzene rings is 1. The zero-order valence-corrected chi connectivity index (χ0v) is 9.01. The molecule has 4 N–H and O–H groups in total. The van der Waals surface area contributed by atoms with Gasteiger partial charge in [0, 0.05) is 29.0 Å². The largest absolute Gasteiger partial charge is 0.562 e. The lowest BCUT2D eigenvalue weighted by molar-refractivity contribution is -0.136. The Hall–Kier alpha value is -1.79. The van der Waals surface area contributed by atoms with Crippen molar-refractivity contribution in [1.82, 2.24) is 4.98 Å². The summed E-state index contributed by atoms with van der Waals surface area (Å²) < 4.78 is 4.90. The third-order valence-electron chi connectivity index (χ3n) is 3.06. The van der Waals surface area contributed by atoms with Crippen LogP contribution in [0.2, 0.25) is 0 Å². The smallest absolute Gasteiger partial charge is 0.505 e. The van der Waals surface area contributed by atoms with Gasteiger partial charge < -0.3 is 20.4 Å². The number of aromatic amines is 1. The van der Waals surface area contributed by atoms with Crippen molar-refractivity contribution in [2.45, 2.75) is 12.5 Å². The Morgan fingerprint density at radius 2 is 2.35 bits per heavy atom. The van der Waals surface area contributed by atoms with Crippen LogP contribution in [0.15, 0.2) is 24.4 Å². The first-order valence-electron chi connectivity index (χ1n) is 5.40. The second-order valence-electron chi connectivity index (χ2n) is 4.18. The van der Waals surface area contributed by atoms with Gasteiger partial charge in [-0.2, -0.15) is 0 Å². The average molecular weight is 230 g/mol. The van der Waals surface area contributed by atoms with E-state index < -0.39 is 19.1 Å². The summed E-state index contributed by atoms with van der Waals surface area (Å²) in [4.78, 5) is 14.6. The minimum Gasteiger partial charge on any atom is -0.505 e. The van der Waals surface area contributed by atoms with E-state index in [0.717, 1.165) is 16.5 Å². The van der Waals surface area contributed by atoms with Gasteiger partial charge in [0.05, 0.1) is 0 Å². The highest BCUT2D eigenvalue weighted by atomic mass is 16.6. The van der Waals surface area contributed by atoms with E-state index in [-0.39, 0.29) is 0 Å². The van der Waals surface area contributed by atoms with Crippen LogP contribution in [0.1, 0.15) is 5.56 Å². The van der Waals surface area contributed by atoms with Crippen LogP contribution in [0, 0.1) is 0 Å². The molecule has 6 heteroatoms. The molecule has 0 aliphatic carbocycles. The Morgan fingerprint density at radius 3 is 3.18 bits per heavy atom. The van der Waals surface area contributed by atoms with Gasteiger partial charge >= 0.3 is 13.1 Å². The number of aromatic nitrogens is 1. The van der Waals surface area contributed by atoms with Gasteiger partial charge in [-0.1, -0.05) is 12.1 Å². The molecule has 5 nitrogen and oxygen atoms in total. The molecular formula is C11H11BN2O3. The highest BCUT2D eigenvalue weighted by Crippen LogP contribution is 2.20. The van der Waals surface area contributed by atoms with Crippen molar-refractivity contribution in [1.29, 1.82) is 0 Å². The molecule has 0 amide bonds. The van der Waals surface area contributed by atoms with Crippen LogP contribution in [0.4, 0.5) is 0 Å². The van der Waals surface area contributed by atoms with Crippen LogP contribution < -0.4 is 11.2 Å². The van der Waals surface area contributed by atoms with Crippen LogP contribution in [-0.4, -0.2) is 29.1 Å². The van der Waals surface area contributed by atoms with Gasteiger partial charge in [-0.25, -0.2) is 0 Å². The van der Waals surface area contributed by atoms with Crippen LogP contribution in [-0.2, 0) is 15.9 Å². The summed E-state index contributed by atoms with van der Waals surface area (Å²) in [6.45, 7) is 0. The fourth-order valence-corrected chi connectivity index (χ4v) is 2.23. The Balaban J connectivity index is 2.27. The number of hydrogen-bond donors (Lipinski definition) is 3. The van der Waals surface area contributed by atoms with E-state index >= 15 is 0 Å². The first-order chi connectivity index (χ1) is 8.16. The molecule has 0 bridgehead atoms. The van der Waals surface area contributed by atoms with E-state index in [1.807, 2.05) is 12.3 Å². The number of hydrogen-bond acceptors (Lipinski definition) is 4. The van der Waals surface area contributed by atoms with Crippen molar-refractivity contribution in [2.75, 3.05) is 0 Å². The summed E-state index contributed by atoms with van der Waals surface area (Å²) in [5, 5.41) is 10.8. The second kappa shape index (κ2) is 3.61. The molecule has 1 aliphatic heterocycles. The average Bonchev–Trinajstić information content (AvgIpc) is 2.71. The summed E-state index contributed by atoms with van der Waals surface area (Å²) in [5.41, 5.74) is 8.13. The zero-order chi connectivity index (χ0) is 12.0. The maximum absolute atomic E-state index is 11.5. The lowest BCUT2D eigenvalue weighted by Gasteiger charge is -2.18. The summed E-state index contributed by atoms with van der Waals surface area (Å²) in [6, 6.07) is 4.71. The van der Waals surface area contributed by atoms with E-state index in [0.29, 0.717) is 11.9 Å². The number of H-pyrrole nitrogens is 1. The topological polar surface area (TPSA) is 88.3 Å². The molecule has 1 aromatic heterocycles. The number of nitrogens with one attached hydrogen (secondary N) is 1. The SMILES string of the molecule is NC1Cc2c[nH]c3cccc(c23)B(O)OC1=O. The van der Waals surface area contributed by atoms with Crippen molar-refractivity contribution in [3.8, 4) is 0 Å². The van der Waals surface area contributed by atoms with E-state index in [1.165, 1.54) is 0 Å². The van der Waals surface area contributed by atoms with Gasteiger partial charge in [-0.05, 0) is 11.6 Å². The number of nitrogens with two attached hydrogens (primary N) is 1. The predicted molar refractivity (Wildman–Crippen MR) is 63.7 cm³/mol. The molecule has 0 saturated carbocycles. The molecule has 0 saturated heterocycles. The molecule has 1 aliphatic rings. The standard InChI is InChI=1S/C11H11BN2O3/c13-8-4-6-5-14-9-3-1-2-7(10(6)9)12(16)17-11(8)15/h1-3,5,8,14,16H,4,13H2. The van der Waals surface area contributed by atoms with Gasteiger partial charge in [0.2, 0.25) is 0 Å². The monoisotopic (exact) mass is 230 g/mol. The van der Waals surface area contributed by atoms with Crippen molar-refractivity contribution in [2.24, 2.45) is 5.73 Å². The Morgan fingerprint density at radius 1 is 1.53 bits per heavy atom. The van der Waals surface area contributed by atoms with Crippen LogP contribution in [0.3, 0.4) is 0 Å². The molecule has 3 rings (SSSR count). The predicted octanol–water partition coefficient (Wildman–Crippen LogP) is -0.718. The fourth-order valence-electron chi connectivity index (χ4n) is 2.23. The molecule has 0 fully saturated rings. The van der Waals surface area contributed by atoms with Crippen LogP contribution >= 0.6 is 0 Å². The normalized spacial score (nSPS) is 20.0. The minimum atomic E-state index is -1.26. The first kappa shape index (κ1) is 10.4. The Bertz CT molecular complexity index is 595. The second-order valence-corrected chi connectivity index (χ2v) is 4.18. The summed E-state index contributed by atoms with van der Waals surface area (Å²) >= 11 is 0. The van der Waals surface area contributed by atoms with Crippen molar-refractivity contribution in [3.63, 3.8) is 0 Å². The van der Waals surface area contributed by atoms with Gasteiger partial charge in [0.15, 0.2) is 0 Å². The molecule has 1 atom stereocenters. The lowest BCUT2D eigenvalue weighted by atomic mass is 9.75. The molecule has 2 aromatic rings. The molecule has 1 aromatic carbocycles. The van der Waals surface area contributed by atoms with Gasteiger partial charge in [-0.3, -0.25) is 4.79 Å². The maximum atomic E-state index is 11.5. The number of carbonyl (C=O) groups is 1. The first-order valence-corrected chi connectivity index (χ1v) is 5.40. The van der Waals surface area contributed by atoms with Gasteiger partial charge in [0.25, 0.3) is 0 Å². The van der Waals surface area contributed by atoms with Crippen molar-refractivity contribution in [3.05, 3.63) is 30.0 Å². The Labute approximate surface area is 97.7 Å².